The smallest absolute Gasteiger partial charge is 0.214 e. The lowest BCUT2D eigenvalue weighted by Crippen LogP contribution is -2.52. The number of hydrogen-bond donors (Lipinski definition) is 0. The van der Waals surface area contributed by atoms with E-state index in [4.69, 9.17) is 4.52 Å². The molecule has 22 heavy (non-hydrogen) atoms. The number of nitrogens with zero attached hydrogens (tertiary/aromatic N) is 4. The SMILES string of the molecule is Cc1noc(C)c1CN1CCN(c2cccc(F)n2)C(C)C1. The van der Waals surface area contributed by atoms with Crippen LogP contribution in [-0.4, -0.2) is 40.7 Å². The van der Waals surface area contributed by atoms with Gasteiger partial charge in [0.25, 0.3) is 0 Å². The van der Waals surface area contributed by atoms with Crippen LogP contribution >= 0.6 is 0 Å². The highest BCUT2D eigenvalue weighted by molar-refractivity contribution is 5.40. The van der Waals surface area contributed by atoms with Gasteiger partial charge in [-0.25, -0.2) is 4.98 Å². The second-order valence-corrected chi connectivity index (χ2v) is 5.90. The first kappa shape index (κ1) is 15.0. The molecule has 0 aromatic carbocycles. The molecule has 0 saturated carbocycles. The molecule has 1 aliphatic rings. The van der Waals surface area contributed by atoms with Gasteiger partial charge >= 0.3 is 0 Å². The lowest BCUT2D eigenvalue weighted by Gasteiger charge is -2.40. The van der Waals surface area contributed by atoms with Crippen molar-refractivity contribution in [1.29, 1.82) is 0 Å². The van der Waals surface area contributed by atoms with Crippen LogP contribution in [0.15, 0.2) is 22.7 Å². The van der Waals surface area contributed by atoms with Crippen molar-refractivity contribution in [3.63, 3.8) is 0 Å². The van der Waals surface area contributed by atoms with Crippen LogP contribution in [0.2, 0.25) is 0 Å². The Balaban J connectivity index is 1.67. The third kappa shape index (κ3) is 2.97. The summed E-state index contributed by atoms with van der Waals surface area (Å²) in [5.41, 5.74) is 2.13. The van der Waals surface area contributed by atoms with Crippen molar-refractivity contribution in [2.45, 2.75) is 33.4 Å². The fourth-order valence-corrected chi connectivity index (χ4v) is 3.03. The van der Waals surface area contributed by atoms with Gasteiger partial charge in [0, 0.05) is 37.8 Å². The molecule has 2 aromatic rings. The molecular formula is C16H21FN4O. The Morgan fingerprint density at radius 3 is 2.77 bits per heavy atom. The number of rotatable bonds is 3. The zero-order valence-electron chi connectivity index (χ0n) is 13.2. The lowest BCUT2D eigenvalue weighted by atomic mass is 10.1. The molecule has 1 aliphatic heterocycles. The molecular weight excluding hydrogens is 283 g/mol. The quantitative estimate of drug-likeness (QED) is 0.815. The van der Waals surface area contributed by atoms with Gasteiger partial charge in [-0.3, -0.25) is 4.90 Å². The fourth-order valence-electron chi connectivity index (χ4n) is 3.03. The third-order valence-corrected chi connectivity index (χ3v) is 4.27. The first-order chi connectivity index (χ1) is 10.5. The maximum atomic E-state index is 13.3. The van der Waals surface area contributed by atoms with E-state index in [1.165, 1.54) is 11.6 Å². The van der Waals surface area contributed by atoms with Crippen molar-refractivity contribution in [3.8, 4) is 0 Å². The number of aromatic nitrogens is 2. The van der Waals surface area contributed by atoms with Gasteiger partial charge in [-0.05, 0) is 32.9 Å². The summed E-state index contributed by atoms with van der Waals surface area (Å²) in [6.07, 6.45) is 0. The zero-order chi connectivity index (χ0) is 15.7. The molecule has 3 rings (SSSR count). The Morgan fingerprint density at radius 2 is 2.14 bits per heavy atom. The fraction of sp³-hybridized carbons (Fsp3) is 0.500. The topological polar surface area (TPSA) is 45.4 Å². The van der Waals surface area contributed by atoms with Crippen molar-refractivity contribution in [2.24, 2.45) is 0 Å². The molecule has 1 atom stereocenters. The molecule has 0 radical (unpaired) electrons. The van der Waals surface area contributed by atoms with Crippen LogP contribution in [0.1, 0.15) is 23.9 Å². The molecule has 1 saturated heterocycles. The number of piperazine rings is 1. The Morgan fingerprint density at radius 1 is 1.32 bits per heavy atom. The molecule has 3 heterocycles. The predicted octanol–water partition coefficient (Wildman–Crippen LogP) is 2.54. The van der Waals surface area contributed by atoms with Crippen LogP contribution in [0.5, 0.6) is 0 Å². The van der Waals surface area contributed by atoms with E-state index in [9.17, 15) is 4.39 Å². The zero-order valence-corrected chi connectivity index (χ0v) is 13.2. The van der Waals surface area contributed by atoms with Gasteiger partial charge in [0.05, 0.1) is 5.69 Å². The van der Waals surface area contributed by atoms with Gasteiger partial charge in [0.1, 0.15) is 11.6 Å². The number of pyridine rings is 1. The minimum Gasteiger partial charge on any atom is -0.361 e. The molecule has 118 valence electrons. The summed E-state index contributed by atoms with van der Waals surface area (Å²) >= 11 is 0. The Kier molecular flexibility index (Phi) is 4.11. The summed E-state index contributed by atoms with van der Waals surface area (Å²) in [5.74, 6) is 1.17. The lowest BCUT2D eigenvalue weighted by molar-refractivity contribution is 0.218. The molecule has 0 aliphatic carbocycles. The molecule has 6 heteroatoms. The summed E-state index contributed by atoms with van der Waals surface area (Å²) in [4.78, 5) is 8.53. The van der Waals surface area contributed by atoms with E-state index in [1.807, 2.05) is 19.9 Å². The van der Waals surface area contributed by atoms with Crippen LogP contribution in [0.25, 0.3) is 0 Å². The average Bonchev–Trinajstić information content (AvgIpc) is 2.79. The highest BCUT2D eigenvalue weighted by Gasteiger charge is 2.26. The second kappa shape index (κ2) is 6.04. The van der Waals surface area contributed by atoms with Crippen LogP contribution in [0.4, 0.5) is 10.2 Å². The van der Waals surface area contributed by atoms with Gasteiger partial charge in [-0.2, -0.15) is 4.39 Å². The molecule has 0 amide bonds. The Labute approximate surface area is 129 Å². The van der Waals surface area contributed by atoms with Gasteiger partial charge < -0.3 is 9.42 Å². The molecule has 5 nitrogen and oxygen atoms in total. The largest absolute Gasteiger partial charge is 0.361 e. The maximum Gasteiger partial charge on any atom is 0.214 e. The first-order valence-corrected chi connectivity index (χ1v) is 7.58. The van der Waals surface area contributed by atoms with E-state index >= 15 is 0 Å². The number of anilines is 1. The molecule has 1 fully saturated rings. The maximum absolute atomic E-state index is 13.3. The van der Waals surface area contributed by atoms with Crippen molar-refractivity contribution < 1.29 is 8.91 Å². The van der Waals surface area contributed by atoms with Crippen molar-refractivity contribution in [3.05, 3.63) is 41.2 Å². The monoisotopic (exact) mass is 304 g/mol. The van der Waals surface area contributed by atoms with E-state index in [1.54, 1.807) is 6.07 Å². The van der Waals surface area contributed by atoms with Crippen LogP contribution < -0.4 is 4.90 Å². The minimum atomic E-state index is -0.428. The van der Waals surface area contributed by atoms with Crippen molar-refractivity contribution >= 4 is 5.82 Å². The highest BCUT2D eigenvalue weighted by atomic mass is 19.1. The summed E-state index contributed by atoms with van der Waals surface area (Å²) in [7, 11) is 0. The molecule has 0 spiro atoms. The first-order valence-electron chi connectivity index (χ1n) is 7.58. The van der Waals surface area contributed by atoms with Gasteiger partial charge in [0.2, 0.25) is 5.95 Å². The van der Waals surface area contributed by atoms with Gasteiger partial charge in [-0.1, -0.05) is 11.2 Å². The van der Waals surface area contributed by atoms with Gasteiger partial charge in [-0.15, -0.1) is 0 Å². The predicted molar refractivity (Wildman–Crippen MR) is 82.3 cm³/mol. The molecule has 1 unspecified atom stereocenters. The van der Waals surface area contributed by atoms with Crippen LogP contribution in [0, 0.1) is 19.8 Å². The van der Waals surface area contributed by atoms with Crippen LogP contribution in [-0.2, 0) is 6.54 Å². The van der Waals surface area contributed by atoms with Crippen LogP contribution in [0.3, 0.4) is 0 Å². The summed E-state index contributed by atoms with van der Waals surface area (Å²) in [6.45, 7) is 9.56. The van der Waals surface area contributed by atoms with E-state index in [-0.39, 0.29) is 6.04 Å². The van der Waals surface area contributed by atoms with Crippen molar-refractivity contribution in [2.75, 3.05) is 24.5 Å². The van der Waals surface area contributed by atoms with E-state index in [2.05, 4.69) is 26.9 Å². The third-order valence-electron chi connectivity index (χ3n) is 4.27. The average molecular weight is 304 g/mol. The Hall–Kier alpha value is -1.95. The summed E-state index contributed by atoms with van der Waals surface area (Å²) < 4.78 is 18.5. The highest BCUT2D eigenvalue weighted by Crippen LogP contribution is 2.21. The molecule has 0 N–H and O–H groups in total. The normalized spacial score (nSPS) is 19.6. The number of hydrogen-bond acceptors (Lipinski definition) is 5. The number of aryl methyl sites for hydroxylation is 2. The van der Waals surface area contributed by atoms with E-state index in [0.717, 1.165) is 37.6 Å². The standard InChI is InChI=1S/C16H21FN4O/c1-11-9-20(10-14-12(2)19-22-13(14)3)7-8-21(11)16-6-4-5-15(17)18-16/h4-6,11H,7-10H2,1-3H3. The Bertz CT molecular complexity index is 638. The van der Waals surface area contributed by atoms with Crippen molar-refractivity contribution in [1.82, 2.24) is 15.0 Å². The van der Waals surface area contributed by atoms with E-state index in [0.29, 0.717) is 5.82 Å². The summed E-state index contributed by atoms with van der Waals surface area (Å²) in [6, 6.07) is 5.23. The molecule has 2 aromatic heterocycles. The minimum absolute atomic E-state index is 0.281. The second-order valence-electron chi connectivity index (χ2n) is 5.90. The van der Waals surface area contributed by atoms with Gasteiger partial charge in [0.15, 0.2) is 0 Å². The molecule has 0 bridgehead atoms. The number of halogens is 1. The summed E-state index contributed by atoms with van der Waals surface area (Å²) in [5, 5.41) is 4.01. The van der Waals surface area contributed by atoms with E-state index < -0.39 is 5.95 Å².